The predicted molar refractivity (Wildman–Crippen MR) is 96.5 cm³/mol. The van der Waals surface area contributed by atoms with Crippen LogP contribution >= 0.6 is 0 Å². The van der Waals surface area contributed by atoms with E-state index >= 15 is 0 Å². The molecular weight excluding hydrogens is 350 g/mol. The van der Waals surface area contributed by atoms with Crippen molar-refractivity contribution in [2.75, 3.05) is 0 Å². The van der Waals surface area contributed by atoms with Gasteiger partial charge in [-0.05, 0) is 41.5 Å². The molecule has 0 aliphatic heterocycles. The van der Waals surface area contributed by atoms with Gasteiger partial charge in [0, 0.05) is 11.6 Å². The number of hydrogen-bond acceptors (Lipinski definition) is 7. The lowest BCUT2D eigenvalue weighted by molar-refractivity contribution is 0.137. The maximum absolute atomic E-state index is 10.6. The number of nitrogens with two attached hydrogens (primary N) is 1. The summed E-state index contributed by atoms with van der Waals surface area (Å²) in [5.74, 6) is 1.09. The first-order chi connectivity index (χ1) is 13.1. The van der Waals surface area contributed by atoms with Crippen LogP contribution in [0.5, 0.6) is 5.75 Å². The van der Waals surface area contributed by atoms with E-state index in [4.69, 9.17) is 20.2 Å². The van der Waals surface area contributed by atoms with Crippen LogP contribution < -0.4 is 10.5 Å². The van der Waals surface area contributed by atoms with Crippen molar-refractivity contribution < 1.29 is 24.0 Å². The molecule has 3 rings (SSSR count). The number of primary amides is 1. The number of carbonyl (C=O) groups is 1. The number of aromatic nitrogens is 1. The van der Waals surface area contributed by atoms with Crippen LogP contribution in [0.2, 0.25) is 0 Å². The van der Waals surface area contributed by atoms with E-state index < -0.39 is 6.09 Å². The van der Waals surface area contributed by atoms with Gasteiger partial charge in [0.15, 0.2) is 12.4 Å². The van der Waals surface area contributed by atoms with Crippen LogP contribution in [0.15, 0.2) is 64.3 Å². The zero-order valence-electron chi connectivity index (χ0n) is 14.2. The predicted octanol–water partition coefficient (Wildman–Crippen LogP) is 3.32. The molecule has 138 valence electrons. The first-order valence-electron chi connectivity index (χ1n) is 8.01. The van der Waals surface area contributed by atoms with Gasteiger partial charge < -0.3 is 24.9 Å². The molecule has 2 aromatic carbocycles. The third kappa shape index (κ3) is 5.08. The minimum absolute atomic E-state index is 0.0659. The summed E-state index contributed by atoms with van der Waals surface area (Å²) in [5.41, 5.74) is 8.10. The molecular formula is C19H17N3O5. The Kier molecular flexibility index (Phi) is 5.68. The van der Waals surface area contributed by atoms with Crippen LogP contribution in [0, 0.1) is 0 Å². The first kappa shape index (κ1) is 18.0. The van der Waals surface area contributed by atoms with Gasteiger partial charge in [0.1, 0.15) is 18.1 Å². The molecule has 0 spiro atoms. The van der Waals surface area contributed by atoms with Crippen LogP contribution in [0.1, 0.15) is 16.9 Å². The van der Waals surface area contributed by atoms with E-state index in [2.05, 4.69) is 15.0 Å². The van der Waals surface area contributed by atoms with E-state index in [0.29, 0.717) is 23.8 Å². The lowest BCUT2D eigenvalue weighted by atomic mass is 10.1. The maximum atomic E-state index is 10.6. The molecule has 1 aromatic heterocycles. The van der Waals surface area contributed by atoms with Gasteiger partial charge in [-0.15, -0.1) is 0 Å². The molecule has 0 aliphatic carbocycles. The van der Waals surface area contributed by atoms with Crippen molar-refractivity contribution in [2.24, 2.45) is 10.9 Å². The molecule has 0 saturated heterocycles. The molecule has 0 saturated carbocycles. The minimum atomic E-state index is -0.872. The van der Waals surface area contributed by atoms with E-state index in [1.165, 1.54) is 6.21 Å². The molecule has 3 aromatic rings. The fourth-order valence-corrected chi connectivity index (χ4v) is 2.38. The standard InChI is InChI=1S/C19H17N3O5/c20-19(23)26-12-17-9-18(22-27-17)15-4-6-16(7-5-15)25-11-14-3-1-2-13(8-14)10-21-24/h1-10,24H,11-12H2,(H2,20,23). The minimum Gasteiger partial charge on any atom is -0.489 e. The number of carbonyl (C=O) groups excluding carboxylic acids is 1. The summed E-state index contributed by atoms with van der Waals surface area (Å²) in [6.07, 6.45) is 0.488. The summed E-state index contributed by atoms with van der Waals surface area (Å²) >= 11 is 0. The topological polar surface area (TPSA) is 120 Å². The lowest BCUT2D eigenvalue weighted by Crippen LogP contribution is -2.12. The van der Waals surface area contributed by atoms with E-state index in [9.17, 15) is 4.79 Å². The van der Waals surface area contributed by atoms with Crippen molar-refractivity contribution in [3.05, 3.63) is 71.5 Å². The molecule has 0 fully saturated rings. The van der Waals surface area contributed by atoms with Crippen molar-refractivity contribution >= 4 is 12.3 Å². The SMILES string of the molecule is NC(=O)OCc1cc(-c2ccc(OCc3cccc(C=NO)c3)cc2)no1. The number of ether oxygens (including phenoxy) is 2. The van der Waals surface area contributed by atoms with E-state index in [0.717, 1.165) is 16.7 Å². The largest absolute Gasteiger partial charge is 0.489 e. The molecule has 1 heterocycles. The van der Waals surface area contributed by atoms with Crippen molar-refractivity contribution in [3.63, 3.8) is 0 Å². The van der Waals surface area contributed by atoms with Crippen LogP contribution in [0.3, 0.4) is 0 Å². The highest BCUT2D eigenvalue weighted by Gasteiger charge is 2.08. The van der Waals surface area contributed by atoms with Crippen molar-refractivity contribution in [3.8, 4) is 17.0 Å². The Morgan fingerprint density at radius 2 is 2.00 bits per heavy atom. The van der Waals surface area contributed by atoms with Gasteiger partial charge >= 0.3 is 6.09 Å². The Hall–Kier alpha value is -3.81. The molecule has 8 heteroatoms. The molecule has 0 bridgehead atoms. The monoisotopic (exact) mass is 367 g/mol. The number of rotatable bonds is 7. The summed E-state index contributed by atoms with van der Waals surface area (Å²) in [6.45, 7) is 0.314. The van der Waals surface area contributed by atoms with Crippen LogP contribution in [-0.4, -0.2) is 22.7 Å². The zero-order valence-corrected chi connectivity index (χ0v) is 14.2. The summed E-state index contributed by atoms with van der Waals surface area (Å²) in [4.78, 5) is 10.6. The Labute approximate surface area is 154 Å². The molecule has 27 heavy (non-hydrogen) atoms. The summed E-state index contributed by atoms with van der Waals surface area (Å²) in [6, 6.07) is 16.5. The third-order valence-electron chi connectivity index (χ3n) is 3.63. The second kappa shape index (κ2) is 8.52. The van der Waals surface area contributed by atoms with E-state index in [-0.39, 0.29) is 6.61 Å². The number of nitrogens with zero attached hydrogens (tertiary/aromatic N) is 2. The Balaban J connectivity index is 1.60. The second-order valence-electron chi connectivity index (χ2n) is 5.59. The van der Waals surface area contributed by atoms with Gasteiger partial charge in [0.25, 0.3) is 0 Å². The lowest BCUT2D eigenvalue weighted by Gasteiger charge is -2.07. The summed E-state index contributed by atoms with van der Waals surface area (Å²) in [7, 11) is 0. The number of hydrogen-bond donors (Lipinski definition) is 2. The van der Waals surface area contributed by atoms with Crippen LogP contribution in [0.25, 0.3) is 11.3 Å². The summed E-state index contributed by atoms with van der Waals surface area (Å²) in [5, 5.41) is 15.5. The van der Waals surface area contributed by atoms with Crippen molar-refractivity contribution in [1.29, 1.82) is 0 Å². The molecule has 8 nitrogen and oxygen atoms in total. The molecule has 0 atom stereocenters. The quantitative estimate of drug-likeness (QED) is 0.375. The van der Waals surface area contributed by atoms with Gasteiger partial charge in [0.05, 0.1) is 6.21 Å². The number of benzene rings is 2. The molecule has 1 amide bonds. The molecule has 3 N–H and O–H groups in total. The second-order valence-corrected chi connectivity index (χ2v) is 5.59. The first-order valence-corrected chi connectivity index (χ1v) is 8.01. The molecule has 0 unspecified atom stereocenters. The fourth-order valence-electron chi connectivity index (χ4n) is 2.38. The molecule has 0 aliphatic rings. The Morgan fingerprint density at radius 3 is 2.74 bits per heavy atom. The van der Waals surface area contributed by atoms with Gasteiger partial charge in [-0.2, -0.15) is 0 Å². The van der Waals surface area contributed by atoms with Gasteiger partial charge in [-0.1, -0.05) is 28.5 Å². The normalized spacial score (nSPS) is 10.8. The van der Waals surface area contributed by atoms with Crippen molar-refractivity contribution in [2.45, 2.75) is 13.2 Å². The third-order valence-corrected chi connectivity index (χ3v) is 3.63. The summed E-state index contributed by atoms with van der Waals surface area (Å²) < 4.78 is 15.5. The zero-order chi connectivity index (χ0) is 19.1. The van der Waals surface area contributed by atoms with E-state index in [1.54, 1.807) is 6.07 Å². The maximum Gasteiger partial charge on any atom is 0.404 e. The highest BCUT2D eigenvalue weighted by Crippen LogP contribution is 2.23. The van der Waals surface area contributed by atoms with Gasteiger partial charge in [-0.25, -0.2) is 4.79 Å². The number of oxime groups is 1. The van der Waals surface area contributed by atoms with E-state index in [1.807, 2.05) is 48.5 Å². The highest BCUT2D eigenvalue weighted by molar-refractivity contribution is 5.79. The van der Waals surface area contributed by atoms with Gasteiger partial charge in [-0.3, -0.25) is 0 Å². The fraction of sp³-hybridized carbons (Fsp3) is 0.105. The smallest absolute Gasteiger partial charge is 0.404 e. The number of amides is 1. The van der Waals surface area contributed by atoms with Crippen molar-refractivity contribution in [1.82, 2.24) is 5.16 Å². The highest BCUT2D eigenvalue weighted by atomic mass is 16.6. The van der Waals surface area contributed by atoms with Crippen LogP contribution in [-0.2, 0) is 18.0 Å². The average molecular weight is 367 g/mol. The Bertz CT molecular complexity index is 935. The van der Waals surface area contributed by atoms with Gasteiger partial charge in [0.2, 0.25) is 0 Å². The Morgan fingerprint density at radius 1 is 1.19 bits per heavy atom. The molecule has 0 radical (unpaired) electrons. The van der Waals surface area contributed by atoms with Crippen LogP contribution in [0.4, 0.5) is 4.79 Å². The average Bonchev–Trinajstić information content (AvgIpc) is 3.15.